The van der Waals surface area contributed by atoms with Crippen molar-refractivity contribution in [2.75, 3.05) is 6.54 Å². The van der Waals surface area contributed by atoms with Crippen molar-refractivity contribution in [1.29, 1.82) is 0 Å². The van der Waals surface area contributed by atoms with Crippen LogP contribution in [-0.2, 0) is 6.42 Å². The number of pyridine rings is 1. The van der Waals surface area contributed by atoms with E-state index in [2.05, 4.69) is 25.5 Å². The highest BCUT2D eigenvalue weighted by molar-refractivity contribution is 5.93. The molecule has 0 aliphatic heterocycles. The van der Waals surface area contributed by atoms with Gasteiger partial charge in [-0.3, -0.25) is 9.89 Å². The molecule has 0 bridgehead atoms. The van der Waals surface area contributed by atoms with Crippen LogP contribution in [0.2, 0.25) is 0 Å². The Morgan fingerprint density at radius 1 is 1.47 bits per heavy atom. The predicted octanol–water partition coefficient (Wildman–Crippen LogP) is 0.311. The van der Waals surface area contributed by atoms with Crippen molar-refractivity contribution in [3.63, 3.8) is 0 Å². The number of H-pyrrole nitrogens is 1. The molecule has 0 fully saturated rings. The molecule has 2 aromatic rings. The number of rotatable bonds is 4. The number of aromatic amines is 1. The number of amides is 1. The van der Waals surface area contributed by atoms with E-state index in [0.717, 1.165) is 6.07 Å². The lowest BCUT2D eigenvalue weighted by atomic mass is 10.2. The summed E-state index contributed by atoms with van der Waals surface area (Å²) in [6.45, 7) is 0.401. The number of halogens is 1. The van der Waals surface area contributed by atoms with Crippen molar-refractivity contribution in [3.05, 3.63) is 42.0 Å². The molecule has 0 saturated carbocycles. The summed E-state index contributed by atoms with van der Waals surface area (Å²) in [6, 6.07) is 2.54. The van der Waals surface area contributed by atoms with Gasteiger partial charge in [0.1, 0.15) is 12.2 Å². The Morgan fingerprint density at radius 2 is 2.35 bits per heavy atom. The Bertz CT molecular complexity index is 499. The fourth-order valence-corrected chi connectivity index (χ4v) is 1.29. The van der Waals surface area contributed by atoms with E-state index in [1.807, 2.05) is 0 Å². The highest BCUT2D eigenvalue weighted by Gasteiger charge is 2.06. The minimum atomic E-state index is -0.673. The number of nitrogens with zero attached hydrogens (tertiary/aromatic N) is 3. The van der Waals surface area contributed by atoms with E-state index >= 15 is 0 Å². The van der Waals surface area contributed by atoms with E-state index in [-0.39, 0.29) is 11.5 Å². The smallest absolute Gasteiger partial charge is 0.251 e. The van der Waals surface area contributed by atoms with Crippen LogP contribution in [-0.4, -0.2) is 32.6 Å². The number of carbonyl (C=O) groups excluding carboxylic acids is 1. The fraction of sp³-hybridized carbons (Fsp3) is 0.200. The summed E-state index contributed by atoms with van der Waals surface area (Å²) in [5, 5.41) is 9.00. The average molecular weight is 235 g/mol. The average Bonchev–Trinajstić information content (AvgIpc) is 2.82. The van der Waals surface area contributed by atoms with Crippen LogP contribution in [0.15, 0.2) is 24.7 Å². The van der Waals surface area contributed by atoms with Crippen LogP contribution in [0.5, 0.6) is 0 Å². The number of aromatic nitrogens is 4. The Balaban J connectivity index is 1.85. The van der Waals surface area contributed by atoms with Gasteiger partial charge in [-0.25, -0.2) is 9.97 Å². The third kappa shape index (κ3) is 3.07. The van der Waals surface area contributed by atoms with Crippen molar-refractivity contribution in [3.8, 4) is 0 Å². The van der Waals surface area contributed by atoms with E-state index in [1.165, 1.54) is 18.6 Å². The molecule has 0 saturated heterocycles. The molecular formula is C10H10FN5O. The van der Waals surface area contributed by atoms with Crippen LogP contribution in [0.3, 0.4) is 0 Å². The van der Waals surface area contributed by atoms with Gasteiger partial charge in [-0.05, 0) is 6.07 Å². The molecule has 0 atom stereocenters. The molecule has 0 aliphatic carbocycles. The lowest BCUT2D eigenvalue weighted by molar-refractivity contribution is 0.0953. The molecule has 2 aromatic heterocycles. The number of hydrogen-bond acceptors (Lipinski definition) is 4. The first kappa shape index (κ1) is 11.2. The highest BCUT2D eigenvalue weighted by Crippen LogP contribution is 1.99. The van der Waals surface area contributed by atoms with Crippen LogP contribution in [0.25, 0.3) is 0 Å². The van der Waals surface area contributed by atoms with Gasteiger partial charge in [0, 0.05) is 30.8 Å². The second kappa shape index (κ2) is 5.15. The van der Waals surface area contributed by atoms with E-state index in [0.29, 0.717) is 18.8 Å². The summed E-state index contributed by atoms with van der Waals surface area (Å²) in [5.74, 6) is -0.329. The zero-order valence-corrected chi connectivity index (χ0v) is 8.85. The van der Waals surface area contributed by atoms with Gasteiger partial charge < -0.3 is 5.32 Å². The molecule has 6 nitrogen and oxygen atoms in total. The van der Waals surface area contributed by atoms with Crippen LogP contribution in [0.4, 0.5) is 4.39 Å². The number of hydrogen-bond donors (Lipinski definition) is 2. The summed E-state index contributed by atoms with van der Waals surface area (Å²) in [7, 11) is 0. The van der Waals surface area contributed by atoms with Crippen molar-refractivity contribution in [1.82, 2.24) is 25.5 Å². The summed E-state index contributed by atoms with van der Waals surface area (Å²) in [6.07, 6.45) is 3.19. The highest BCUT2D eigenvalue weighted by atomic mass is 19.1. The zero-order valence-electron chi connectivity index (χ0n) is 8.85. The van der Waals surface area contributed by atoms with E-state index < -0.39 is 5.95 Å². The minimum absolute atomic E-state index is 0.245. The van der Waals surface area contributed by atoms with Crippen molar-refractivity contribution in [2.45, 2.75) is 6.42 Å². The van der Waals surface area contributed by atoms with Crippen molar-refractivity contribution >= 4 is 5.91 Å². The third-order valence-corrected chi connectivity index (χ3v) is 2.10. The lowest BCUT2D eigenvalue weighted by Crippen LogP contribution is -2.26. The molecule has 2 heterocycles. The van der Waals surface area contributed by atoms with E-state index in [4.69, 9.17) is 0 Å². The third-order valence-electron chi connectivity index (χ3n) is 2.10. The van der Waals surface area contributed by atoms with Gasteiger partial charge in [0.25, 0.3) is 5.91 Å². The lowest BCUT2D eigenvalue weighted by Gasteiger charge is -2.03. The van der Waals surface area contributed by atoms with Crippen LogP contribution >= 0.6 is 0 Å². The quantitative estimate of drug-likeness (QED) is 0.747. The molecule has 0 spiro atoms. The van der Waals surface area contributed by atoms with Gasteiger partial charge >= 0.3 is 0 Å². The molecule has 0 unspecified atom stereocenters. The molecule has 17 heavy (non-hydrogen) atoms. The first-order chi connectivity index (χ1) is 8.25. The maximum Gasteiger partial charge on any atom is 0.251 e. The fourth-order valence-electron chi connectivity index (χ4n) is 1.29. The number of carbonyl (C=O) groups is 1. The van der Waals surface area contributed by atoms with E-state index in [1.54, 1.807) is 0 Å². The Hall–Kier alpha value is -2.31. The SMILES string of the molecule is O=C(NCCc1ncn[nH]1)c1ccnc(F)c1. The minimum Gasteiger partial charge on any atom is -0.352 e. The Labute approximate surface area is 96.3 Å². The maximum atomic E-state index is 12.8. The first-order valence-electron chi connectivity index (χ1n) is 4.99. The Kier molecular flexibility index (Phi) is 3.39. The summed E-state index contributed by atoms with van der Waals surface area (Å²) in [5.41, 5.74) is 0.245. The molecule has 1 amide bonds. The number of nitrogens with one attached hydrogen (secondary N) is 2. The molecule has 0 radical (unpaired) electrons. The van der Waals surface area contributed by atoms with Gasteiger partial charge in [-0.2, -0.15) is 9.49 Å². The molecule has 0 aliphatic rings. The molecule has 7 heteroatoms. The van der Waals surface area contributed by atoms with Crippen molar-refractivity contribution < 1.29 is 9.18 Å². The second-order valence-corrected chi connectivity index (χ2v) is 3.31. The van der Waals surface area contributed by atoms with Crippen LogP contribution < -0.4 is 5.32 Å². The summed E-state index contributed by atoms with van der Waals surface area (Å²) in [4.78, 5) is 18.9. The maximum absolute atomic E-state index is 12.8. The predicted molar refractivity (Wildman–Crippen MR) is 56.6 cm³/mol. The van der Waals surface area contributed by atoms with Gasteiger partial charge in [0.2, 0.25) is 5.95 Å². The van der Waals surface area contributed by atoms with Gasteiger partial charge in [-0.1, -0.05) is 0 Å². The zero-order chi connectivity index (χ0) is 12.1. The molecule has 2 rings (SSSR count). The first-order valence-corrected chi connectivity index (χ1v) is 4.99. The van der Waals surface area contributed by atoms with Crippen LogP contribution in [0, 0.1) is 5.95 Å². The van der Waals surface area contributed by atoms with Crippen LogP contribution in [0.1, 0.15) is 16.2 Å². The van der Waals surface area contributed by atoms with Gasteiger partial charge in [-0.15, -0.1) is 0 Å². The summed E-state index contributed by atoms with van der Waals surface area (Å²) >= 11 is 0. The van der Waals surface area contributed by atoms with Gasteiger partial charge in [0.15, 0.2) is 0 Å². The summed E-state index contributed by atoms with van der Waals surface area (Å²) < 4.78 is 12.8. The molecular weight excluding hydrogens is 225 g/mol. The normalized spacial score (nSPS) is 10.2. The second-order valence-electron chi connectivity index (χ2n) is 3.31. The van der Waals surface area contributed by atoms with Gasteiger partial charge in [0.05, 0.1) is 0 Å². The molecule has 0 aromatic carbocycles. The van der Waals surface area contributed by atoms with Crippen molar-refractivity contribution in [2.24, 2.45) is 0 Å². The Morgan fingerprint density at radius 3 is 3.06 bits per heavy atom. The molecule has 2 N–H and O–H groups in total. The molecule has 88 valence electrons. The largest absolute Gasteiger partial charge is 0.352 e. The standard InChI is InChI=1S/C10H10FN5O/c11-8-5-7(1-3-12-8)10(17)13-4-2-9-14-6-15-16-9/h1,3,5-6H,2,4H2,(H,13,17)(H,14,15,16). The monoisotopic (exact) mass is 235 g/mol. The topological polar surface area (TPSA) is 83.6 Å². The van der Waals surface area contributed by atoms with E-state index in [9.17, 15) is 9.18 Å².